The van der Waals surface area contributed by atoms with Crippen LogP contribution in [0.1, 0.15) is 29.3 Å². The van der Waals surface area contributed by atoms with Gasteiger partial charge in [-0.1, -0.05) is 30.3 Å². The minimum Gasteiger partial charge on any atom is -0.369 e. The first-order valence-electron chi connectivity index (χ1n) is 9.85. The first-order valence-corrected chi connectivity index (χ1v) is 9.85. The highest BCUT2D eigenvalue weighted by molar-refractivity contribution is 14.0. The number of benzene rings is 2. The van der Waals surface area contributed by atoms with Crippen molar-refractivity contribution in [2.45, 2.75) is 25.9 Å². The zero-order valence-corrected chi connectivity index (χ0v) is 19.4. The van der Waals surface area contributed by atoms with Crippen LogP contribution < -0.4 is 20.9 Å². The van der Waals surface area contributed by atoms with E-state index in [1.807, 2.05) is 30.3 Å². The summed E-state index contributed by atoms with van der Waals surface area (Å²) in [6, 6.07) is 18.5. The molecule has 1 aliphatic heterocycles. The molecule has 1 aliphatic rings. The fraction of sp³-hybridized carbons (Fsp3) is 0.364. The molecule has 1 unspecified atom stereocenters. The summed E-state index contributed by atoms with van der Waals surface area (Å²) in [5.74, 6) is 0.757. The van der Waals surface area contributed by atoms with Crippen molar-refractivity contribution in [2.75, 3.05) is 31.6 Å². The molecule has 7 heteroatoms. The molecule has 1 atom stereocenters. The first-order chi connectivity index (χ1) is 13.7. The highest BCUT2D eigenvalue weighted by atomic mass is 127. The Bertz CT molecular complexity index is 795. The van der Waals surface area contributed by atoms with Gasteiger partial charge in [0.15, 0.2) is 5.96 Å². The molecule has 6 nitrogen and oxygen atoms in total. The summed E-state index contributed by atoms with van der Waals surface area (Å²) in [7, 11) is 1.64. The summed E-state index contributed by atoms with van der Waals surface area (Å²) < 4.78 is 0. The second-order valence-corrected chi connectivity index (χ2v) is 6.88. The first kappa shape index (κ1) is 23.0. The topological polar surface area (TPSA) is 68.8 Å². The zero-order chi connectivity index (χ0) is 19.8. The molecule has 0 saturated carbocycles. The Morgan fingerprint density at radius 1 is 1.14 bits per heavy atom. The number of aliphatic imine (C=N–C) groups is 1. The third-order valence-corrected chi connectivity index (χ3v) is 4.86. The van der Waals surface area contributed by atoms with E-state index in [1.165, 1.54) is 5.69 Å². The number of carbonyl (C=O) groups is 1. The Balaban J connectivity index is 0.00000300. The Kier molecular flexibility index (Phi) is 9.24. The van der Waals surface area contributed by atoms with E-state index in [-0.39, 0.29) is 29.9 Å². The molecule has 0 spiro atoms. The highest BCUT2D eigenvalue weighted by Crippen LogP contribution is 2.19. The van der Waals surface area contributed by atoms with E-state index in [4.69, 9.17) is 4.99 Å². The van der Waals surface area contributed by atoms with Crippen molar-refractivity contribution in [3.8, 4) is 0 Å². The summed E-state index contributed by atoms with van der Waals surface area (Å²) in [5.41, 5.74) is 3.00. The van der Waals surface area contributed by atoms with Gasteiger partial charge in [-0.25, -0.2) is 4.99 Å². The smallest absolute Gasteiger partial charge is 0.251 e. The second kappa shape index (κ2) is 11.6. The summed E-state index contributed by atoms with van der Waals surface area (Å²) in [5, 5.41) is 9.52. The van der Waals surface area contributed by atoms with Crippen LogP contribution >= 0.6 is 24.0 Å². The van der Waals surface area contributed by atoms with Gasteiger partial charge in [-0.05, 0) is 43.2 Å². The predicted molar refractivity (Wildman–Crippen MR) is 130 cm³/mol. The van der Waals surface area contributed by atoms with Gasteiger partial charge in [0.2, 0.25) is 0 Å². The zero-order valence-electron chi connectivity index (χ0n) is 17.0. The van der Waals surface area contributed by atoms with Crippen LogP contribution in [-0.4, -0.2) is 44.6 Å². The lowest BCUT2D eigenvalue weighted by atomic mass is 10.1. The molecule has 29 heavy (non-hydrogen) atoms. The largest absolute Gasteiger partial charge is 0.369 e. The van der Waals surface area contributed by atoms with Gasteiger partial charge in [-0.15, -0.1) is 24.0 Å². The minimum atomic E-state index is -0.0748. The van der Waals surface area contributed by atoms with Gasteiger partial charge in [0.05, 0.1) is 6.54 Å². The van der Waals surface area contributed by atoms with Gasteiger partial charge < -0.3 is 20.9 Å². The van der Waals surface area contributed by atoms with Gasteiger partial charge >= 0.3 is 0 Å². The fourth-order valence-corrected chi connectivity index (χ4v) is 3.34. The molecule has 1 amide bonds. The van der Waals surface area contributed by atoms with Gasteiger partial charge in [-0.2, -0.15) is 0 Å². The minimum absolute atomic E-state index is 0. The quantitative estimate of drug-likeness (QED) is 0.320. The number of guanidine groups is 1. The van der Waals surface area contributed by atoms with Crippen molar-refractivity contribution in [1.29, 1.82) is 0 Å². The Labute approximate surface area is 190 Å². The molecule has 1 fully saturated rings. The van der Waals surface area contributed by atoms with Gasteiger partial charge in [-0.3, -0.25) is 4.79 Å². The lowest BCUT2D eigenvalue weighted by Gasteiger charge is -2.20. The molecule has 2 aromatic rings. The molecule has 1 saturated heterocycles. The maximum Gasteiger partial charge on any atom is 0.251 e. The Morgan fingerprint density at radius 3 is 2.52 bits per heavy atom. The molecular weight excluding hydrogens is 477 g/mol. The maximum absolute atomic E-state index is 11.6. The normalized spacial score (nSPS) is 16.1. The molecule has 0 radical (unpaired) electrons. The monoisotopic (exact) mass is 507 g/mol. The number of nitrogens with one attached hydrogen (secondary N) is 3. The molecule has 2 aromatic carbocycles. The predicted octanol–water partition coefficient (Wildman–Crippen LogP) is 3.00. The number of hydrogen-bond acceptors (Lipinski definition) is 3. The van der Waals surface area contributed by atoms with Crippen LogP contribution in [0.3, 0.4) is 0 Å². The van der Waals surface area contributed by atoms with Crippen molar-refractivity contribution in [1.82, 2.24) is 16.0 Å². The third kappa shape index (κ3) is 6.62. The standard InChI is InChI=1S/C22H29N5O.HI/c1-3-24-22(25-15-17-9-11-18(12-10-17)21(28)23-2)26-19-13-14-27(16-19)20-7-5-4-6-8-20;/h4-12,19H,3,13-16H2,1-2H3,(H,23,28)(H2,24,25,26);1H. The number of nitrogens with zero attached hydrogens (tertiary/aromatic N) is 2. The van der Waals surface area contributed by atoms with Crippen LogP contribution in [0, 0.1) is 0 Å². The van der Waals surface area contributed by atoms with Gasteiger partial charge in [0.1, 0.15) is 0 Å². The number of halogens is 1. The summed E-state index contributed by atoms with van der Waals surface area (Å²) in [6.07, 6.45) is 1.08. The molecule has 1 heterocycles. The van der Waals surface area contributed by atoms with E-state index in [0.29, 0.717) is 18.2 Å². The van der Waals surface area contributed by atoms with Crippen LogP contribution in [-0.2, 0) is 6.54 Å². The van der Waals surface area contributed by atoms with Crippen molar-refractivity contribution >= 4 is 41.5 Å². The Hall–Kier alpha value is -2.29. The van der Waals surface area contributed by atoms with Gasteiger partial charge in [0, 0.05) is 44.0 Å². The van der Waals surface area contributed by atoms with E-state index in [9.17, 15) is 4.79 Å². The van der Waals surface area contributed by atoms with Crippen LogP contribution in [0.2, 0.25) is 0 Å². The molecule has 0 bridgehead atoms. The second-order valence-electron chi connectivity index (χ2n) is 6.88. The third-order valence-electron chi connectivity index (χ3n) is 4.86. The summed E-state index contributed by atoms with van der Waals surface area (Å²) in [4.78, 5) is 18.8. The molecule has 3 N–H and O–H groups in total. The summed E-state index contributed by atoms with van der Waals surface area (Å²) >= 11 is 0. The van der Waals surface area contributed by atoms with E-state index >= 15 is 0 Å². The van der Waals surface area contributed by atoms with Crippen LogP contribution in [0.4, 0.5) is 5.69 Å². The van der Waals surface area contributed by atoms with Crippen LogP contribution in [0.5, 0.6) is 0 Å². The van der Waals surface area contributed by atoms with E-state index in [2.05, 4.69) is 52.0 Å². The average Bonchev–Trinajstić information content (AvgIpc) is 3.21. The fourth-order valence-electron chi connectivity index (χ4n) is 3.34. The molecule has 156 valence electrons. The molecule has 0 aromatic heterocycles. The van der Waals surface area contributed by atoms with Crippen molar-refractivity contribution in [2.24, 2.45) is 4.99 Å². The summed E-state index contributed by atoms with van der Waals surface area (Å²) in [6.45, 7) is 5.46. The van der Waals surface area contributed by atoms with Crippen molar-refractivity contribution in [3.63, 3.8) is 0 Å². The van der Waals surface area contributed by atoms with E-state index in [0.717, 1.165) is 37.6 Å². The highest BCUT2D eigenvalue weighted by Gasteiger charge is 2.23. The number of hydrogen-bond donors (Lipinski definition) is 3. The number of anilines is 1. The molecular formula is C22H30IN5O. The van der Waals surface area contributed by atoms with Crippen molar-refractivity contribution in [3.05, 3.63) is 65.7 Å². The lowest BCUT2D eigenvalue weighted by Crippen LogP contribution is -2.44. The van der Waals surface area contributed by atoms with Gasteiger partial charge in [0.25, 0.3) is 5.91 Å². The SMILES string of the molecule is CCNC(=NCc1ccc(C(=O)NC)cc1)NC1CCN(c2ccccc2)C1.I. The van der Waals surface area contributed by atoms with E-state index < -0.39 is 0 Å². The van der Waals surface area contributed by atoms with Crippen LogP contribution in [0.25, 0.3) is 0 Å². The van der Waals surface area contributed by atoms with Crippen LogP contribution in [0.15, 0.2) is 59.6 Å². The molecule has 0 aliphatic carbocycles. The maximum atomic E-state index is 11.6. The van der Waals surface area contributed by atoms with Crippen molar-refractivity contribution < 1.29 is 4.79 Å². The van der Waals surface area contributed by atoms with E-state index in [1.54, 1.807) is 7.05 Å². The number of rotatable bonds is 6. The Morgan fingerprint density at radius 2 is 1.86 bits per heavy atom. The average molecular weight is 507 g/mol. The number of para-hydroxylation sites is 1. The number of amides is 1. The molecule has 3 rings (SSSR count). The lowest BCUT2D eigenvalue weighted by molar-refractivity contribution is 0.0963. The number of carbonyl (C=O) groups excluding carboxylic acids is 1.